The summed E-state index contributed by atoms with van der Waals surface area (Å²) < 4.78 is 0. The Morgan fingerprint density at radius 1 is 1.57 bits per heavy atom. The number of nitrogens with zero attached hydrogens (tertiary/aromatic N) is 1. The predicted molar refractivity (Wildman–Crippen MR) is 54.5 cm³/mol. The third-order valence-electron chi connectivity index (χ3n) is 3.25. The zero-order chi connectivity index (χ0) is 9.97. The molecule has 2 rings (SSSR count). The molecular formula is C11H16N2O. The highest BCUT2D eigenvalue weighted by atomic mass is 16.2. The number of fused-ring (bicyclic) bond motifs is 1. The van der Waals surface area contributed by atoms with Crippen LogP contribution < -0.4 is 5.32 Å². The van der Waals surface area contributed by atoms with Crippen LogP contribution in [0.2, 0.25) is 0 Å². The highest BCUT2D eigenvalue weighted by Gasteiger charge is 2.39. The van der Waals surface area contributed by atoms with E-state index in [0.29, 0.717) is 24.8 Å². The van der Waals surface area contributed by atoms with Crippen LogP contribution in [0.3, 0.4) is 0 Å². The van der Waals surface area contributed by atoms with Gasteiger partial charge in [0, 0.05) is 38.5 Å². The summed E-state index contributed by atoms with van der Waals surface area (Å²) in [6.45, 7) is 2.97. The van der Waals surface area contributed by atoms with Crippen LogP contribution in [-0.4, -0.2) is 36.5 Å². The Kier molecular flexibility index (Phi) is 2.74. The molecule has 2 saturated heterocycles. The van der Waals surface area contributed by atoms with Gasteiger partial charge in [0.05, 0.1) is 0 Å². The van der Waals surface area contributed by atoms with Crippen LogP contribution in [0.5, 0.6) is 0 Å². The summed E-state index contributed by atoms with van der Waals surface area (Å²) >= 11 is 0. The van der Waals surface area contributed by atoms with Crippen LogP contribution in [0.25, 0.3) is 0 Å². The molecule has 2 atom stereocenters. The second-order valence-electron chi connectivity index (χ2n) is 4.07. The molecule has 0 bridgehead atoms. The second-order valence-corrected chi connectivity index (χ2v) is 4.07. The molecule has 1 N–H and O–H groups in total. The van der Waals surface area contributed by atoms with Gasteiger partial charge in [0.1, 0.15) is 0 Å². The Morgan fingerprint density at radius 2 is 2.43 bits per heavy atom. The van der Waals surface area contributed by atoms with Crippen molar-refractivity contribution in [3.63, 3.8) is 0 Å². The largest absolute Gasteiger partial charge is 0.338 e. The Bertz CT molecular complexity index is 269. The summed E-state index contributed by atoms with van der Waals surface area (Å²) in [6.07, 6.45) is 7.38. The van der Waals surface area contributed by atoms with Crippen molar-refractivity contribution in [2.24, 2.45) is 5.92 Å². The molecule has 3 nitrogen and oxygen atoms in total. The van der Waals surface area contributed by atoms with Crippen LogP contribution in [0.15, 0.2) is 0 Å². The molecule has 2 aliphatic heterocycles. The number of carbonyl (C=O) groups excluding carboxylic acids is 1. The Hall–Kier alpha value is -1.01. The maximum atomic E-state index is 11.7. The monoisotopic (exact) mass is 192 g/mol. The zero-order valence-corrected chi connectivity index (χ0v) is 8.33. The molecule has 0 aromatic carbocycles. The van der Waals surface area contributed by atoms with Crippen molar-refractivity contribution in [3.05, 3.63) is 0 Å². The average molecular weight is 192 g/mol. The van der Waals surface area contributed by atoms with Crippen molar-refractivity contribution in [1.82, 2.24) is 10.2 Å². The van der Waals surface area contributed by atoms with Gasteiger partial charge in [0.2, 0.25) is 5.91 Å². The fourth-order valence-corrected chi connectivity index (χ4v) is 2.48. The van der Waals surface area contributed by atoms with E-state index in [1.165, 1.54) is 0 Å². The fraction of sp³-hybridized carbons (Fsp3) is 0.727. The average Bonchev–Trinajstić information content (AvgIpc) is 2.74. The van der Waals surface area contributed by atoms with Gasteiger partial charge in [-0.15, -0.1) is 12.3 Å². The summed E-state index contributed by atoms with van der Waals surface area (Å²) in [4.78, 5) is 13.8. The molecule has 3 heteroatoms. The van der Waals surface area contributed by atoms with Gasteiger partial charge in [-0.1, -0.05) is 0 Å². The lowest BCUT2D eigenvalue weighted by molar-refractivity contribution is -0.131. The SMILES string of the molecule is C#CCCC(=O)N1CC[C@H]2CNC[C@H]21. The predicted octanol–water partition coefficient (Wildman–Crippen LogP) is 0.220. The first-order chi connectivity index (χ1) is 6.83. The normalized spacial score (nSPS) is 30.1. The molecular weight excluding hydrogens is 176 g/mol. The minimum atomic E-state index is 0.235. The van der Waals surface area contributed by atoms with E-state index in [4.69, 9.17) is 6.42 Å². The Balaban J connectivity index is 1.92. The molecule has 76 valence electrons. The van der Waals surface area contributed by atoms with E-state index in [1.54, 1.807) is 0 Å². The van der Waals surface area contributed by atoms with E-state index >= 15 is 0 Å². The van der Waals surface area contributed by atoms with E-state index in [2.05, 4.69) is 11.2 Å². The zero-order valence-electron chi connectivity index (χ0n) is 8.33. The quantitative estimate of drug-likeness (QED) is 0.635. The molecule has 0 unspecified atom stereocenters. The number of rotatable bonds is 2. The van der Waals surface area contributed by atoms with Crippen molar-refractivity contribution in [2.45, 2.75) is 25.3 Å². The first kappa shape index (κ1) is 9.54. The number of amides is 1. The van der Waals surface area contributed by atoms with Crippen molar-refractivity contribution in [2.75, 3.05) is 19.6 Å². The highest BCUT2D eigenvalue weighted by molar-refractivity contribution is 5.77. The van der Waals surface area contributed by atoms with Crippen LogP contribution in [0.1, 0.15) is 19.3 Å². The summed E-state index contributed by atoms with van der Waals surface area (Å²) in [5.41, 5.74) is 0. The molecule has 14 heavy (non-hydrogen) atoms. The number of nitrogens with one attached hydrogen (secondary N) is 1. The second kappa shape index (κ2) is 4.02. The van der Waals surface area contributed by atoms with E-state index in [1.807, 2.05) is 4.90 Å². The lowest BCUT2D eigenvalue weighted by atomic mass is 10.1. The van der Waals surface area contributed by atoms with Crippen molar-refractivity contribution >= 4 is 5.91 Å². The maximum absolute atomic E-state index is 11.7. The van der Waals surface area contributed by atoms with E-state index in [9.17, 15) is 4.79 Å². The number of hydrogen-bond acceptors (Lipinski definition) is 2. The van der Waals surface area contributed by atoms with Crippen molar-refractivity contribution in [1.29, 1.82) is 0 Å². The minimum absolute atomic E-state index is 0.235. The van der Waals surface area contributed by atoms with Gasteiger partial charge in [-0.3, -0.25) is 4.79 Å². The van der Waals surface area contributed by atoms with Crippen LogP contribution in [-0.2, 0) is 4.79 Å². The van der Waals surface area contributed by atoms with Crippen LogP contribution in [0, 0.1) is 18.3 Å². The molecule has 0 aromatic rings. The van der Waals surface area contributed by atoms with Gasteiger partial charge in [0.15, 0.2) is 0 Å². The Labute approximate surface area is 84.8 Å². The lowest BCUT2D eigenvalue weighted by Crippen LogP contribution is -2.38. The molecule has 0 aliphatic carbocycles. The minimum Gasteiger partial charge on any atom is -0.338 e. The number of carbonyl (C=O) groups is 1. The van der Waals surface area contributed by atoms with Gasteiger partial charge in [-0.25, -0.2) is 0 Å². The molecule has 2 heterocycles. The van der Waals surface area contributed by atoms with Gasteiger partial charge in [0.25, 0.3) is 0 Å². The number of hydrogen-bond donors (Lipinski definition) is 1. The summed E-state index contributed by atoms with van der Waals surface area (Å²) in [5, 5.41) is 3.33. The van der Waals surface area contributed by atoms with Crippen molar-refractivity contribution in [3.8, 4) is 12.3 Å². The van der Waals surface area contributed by atoms with Gasteiger partial charge in [-0.2, -0.15) is 0 Å². The van der Waals surface area contributed by atoms with Crippen LogP contribution in [0.4, 0.5) is 0 Å². The first-order valence-electron chi connectivity index (χ1n) is 5.26. The van der Waals surface area contributed by atoms with Crippen molar-refractivity contribution < 1.29 is 4.79 Å². The third-order valence-corrected chi connectivity index (χ3v) is 3.25. The van der Waals surface area contributed by atoms with Gasteiger partial charge >= 0.3 is 0 Å². The number of terminal acetylenes is 1. The molecule has 0 saturated carbocycles. The maximum Gasteiger partial charge on any atom is 0.223 e. The molecule has 2 aliphatic rings. The summed E-state index contributed by atoms with van der Waals surface area (Å²) in [5.74, 6) is 3.44. The Morgan fingerprint density at radius 3 is 3.21 bits per heavy atom. The number of likely N-dealkylation sites (tertiary alicyclic amines) is 1. The van der Waals surface area contributed by atoms with E-state index in [0.717, 1.165) is 26.1 Å². The first-order valence-corrected chi connectivity index (χ1v) is 5.26. The van der Waals surface area contributed by atoms with Crippen LogP contribution >= 0.6 is 0 Å². The van der Waals surface area contributed by atoms with Gasteiger partial charge in [-0.05, 0) is 12.3 Å². The lowest BCUT2D eigenvalue weighted by Gasteiger charge is -2.23. The molecule has 0 spiro atoms. The molecule has 2 fully saturated rings. The summed E-state index contributed by atoms with van der Waals surface area (Å²) in [7, 11) is 0. The molecule has 0 aromatic heterocycles. The topological polar surface area (TPSA) is 32.3 Å². The summed E-state index contributed by atoms with van der Waals surface area (Å²) in [6, 6.07) is 0.445. The molecule has 1 amide bonds. The fourth-order valence-electron chi connectivity index (χ4n) is 2.48. The van der Waals surface area contributed by atoms with E-state index < -0.39 is 0 Å². The standard InChI is InChI=1S/C11H16N2O/c1-2-3-4-11(14)13-6-5-9-7-12-8-10(9)13/h1,9-10,12H,3-8H2/t9-,10+/m0/s1. The molecule has 0 radical (unpaired) electrons. The smallest absolute Gasteiger partial charge is 0.223 e. The van der Waals surface area contributed by atoms with Gasteiger partial charge < -0.3 is 10.2 Å². The highest BCUT2D eigenvalue weighted by Crippen LogP contribution is 2.27. The van der Waals surface area contributed by atoms with E-state index in [-0.39, 0.29) is 5.91 Å². The third kappa shape index (κ3) is 1.62.